The Morgan fingerprint density at radius 1 is 1.56 bits per heavy atom. The molecule has 0 spiro atoms. The minimum Gasteiger partial charge on any atom is -0.353 e. The fourth-order valence-electron chi connectivity index (χ4n) is 2.28. The van der Waals surface area contributed by atoms with Crippen LogP contribution < -0.4 is 10.6 Å². The Kier molecular flexibility index (Phi) is 5.41. The molecule has 5 heteroatoms. The fourth-order valence-corrected chi connectivity index (χ4v) is 3.53. The first-order valence-corrected chi connectivity index (χ1v) is 6.83. The third kappa shape index (κ3) is 3.54. The number of amides is 1. The molecule has 0 saturated carbocycles. The molecular formula is C11H21ClN2OS. The normalized spacial score (nSPS) is 33.4. The van der Waals surface area contributed by atoms with Crippen molar-refractivity contribution >= 4 is 30.1 Å². The van der Waals surface area contributed by atoms with Gasteiger partial charge in [0.2, 0.25) is 5.91 Å². The quantitative estimate of drug-likeness (QED) is 0.813. The van der Waals surface area contributed by atoms with Gasteiger partial charge in [-0.2, -0.15) is 11.8 Å². The Bertz CT molecular complexity index is 238. The number of carbonyl (C=O) groups is 1. The molecule has 0 radical (unpaired) electrons. The standard InChI is InChI=1S/C11H20N2OS.ClH/c1-11(5-3-7-15-11)8-13-10(14)9-4-2-6-12-9;/h9,12H,2-8H2,1H3,(H,13,14);1H. The van der Waals surface area contributed by atoms with Crippen molar-refractivity contribution in [1.82, 2.24) is 10.6 Å². The number of halogens is 1. The summed E-state index contributed by atoms with van der Waals surface area (Å²) in [6.45, 7) is 4.08. The minimum atomic E-state index is 0. The van der Waals surface area contributed by atoms with Crippen LogP contribution in [-0.2, 0) is 4.79 Å². The molecular weight excluding hydrogens is 244 g/mol. The van der Waals surface area contributed by atoms with Crippen LogP contribution in [0.25, 0.3) is 0 Å². The maximum absolute atomic E-state index is 11.8. The minimum absolute atomic E-state index is 0. The summed E-state index contributed by atoms with van der Waals surface area (Å²) in [6.07, 6.45) is 4.65. The van der Waals surface area contributed by atoms with Crippen molar-refractivity contribution in [1.29, 1.82) is 0 Å². The molecule has 2 fully saturated rings. The molecule has 2 atom stereocenters. The van der Waals surface area contributed by atoms with Gasteiger partial charge in [-0.15, -0.1) is 12.4 Å². The van der Waals surface area contributed by atoms with Gasteiger partial charge < -0.3 is 10.6 Å². The number of hydrogen-bond donors (Lipinski definition) is 2. The molecule has 16 heavy (non-hydrogen) atoms. The summed E-state index contributed by atoms with van der Waals surface area (Å²) in [7, 11) is 0. The maximum Gasteiger partial charge on any atom is 0.237 e. The van der Waals surface area contributed by atoms with E-state index >= 15 is 0 Å². The number of thioether (sulfide) groups is 1. The summed E-state index contributed by atoms with van der Waals surface area (Å²) in [6, 6.07) is 0.0694. The van der Waals surface area contributed by atoms with Crippen molar-refractivity contribution in [2.45, 2.75) is 43.4 Å². The van der Waals surface area contributed by atoms with Crippen LogP contribution in [-0.4, -0.2) is 35.5 Å². The van der Waals surface area contributed by atoms with E-state index < -0.39 is 0 Å². The van der Waals surface area contributed by atoms with Gasteiger partial charge in [0.05, 0.1) is 6.04 Å². The molecule has 2 saturated heterocycles. The van der Waals surface area contributed by atoms with Crippen LogP contribution in [0.2, 0.25) is 0 Å². The lowest BCUT2D eigenvalue weighted by Crippen LogP contribution is -2.45. The Morgan fingerprint density at radius 3 is 2.94 bits per heavy atom. The third-order valence-electron chi connectivity index (χ3n) is 3.31. The monoisotopic (exact) mass is 264 g/mol. The van der Waals surface area contributed by atoms with E-state index in [0.29, 0.717) is 0 Å². The highest BCUT2D eigenvalue weighted by molar-refractivity contribution is 8.00. The summed E-state index contributed by atoms with van der Waals surface area (Å²) in [5.41, 5.74) is 0. The van der Waals surface area contributed by atoms with Crippen molar-refractivity contribution in [2.75, 3.05) is 18.8 Å². The average Bonchev–Trinajstić information content (AvgIpc) is 2.85. The first kappa shape index (κ1) is 14.1. The summed E-state index contributed by atoms with van der Waals surface area (Å²) in [5.74, 6) is 1.44. The molecule has 0 bridgehead atoms. The first-order chi connectivity index (χ1) is 7.20. The molecule has 2 aliphatic rings. The van der Waals surface area contributed by atoms with Gasteiger partial charge >= 0.3 is 0 Å². The van der Waals surface area contributed by atoms with Gasteiger partial charge in [-0.1, -0.05) is 0 Å². The van der Waals surface area contributed by atoms with Gasteiger partial charge in [0, 0.05) is 11.3 Å². The van der Waals surface area contributed by atoms with Crippen molar-refractivity contribution in [2.24, 2.45) is 0 Å². The number of rotatable bonds is 3. The molecule has 0 aromatic carbocycles. The van der Waals surface area contributed by atoms with E-state index in [1.807, 2.05) is 11.8 Å². The molecule has 94 valence electrons. The molecule has 3 nitrogen and oxygen atoms in total. The Balaban J connectivity index is 0.00000128. The zero-order valence-corrected chi connectivity index (χ0v) is 11.4. The van der Waals surface area contributed by atoms with E-state index in [4.69, 9.17) is 0 Å². The molecule has 2 aliphatic heterocycles. The van der Waals surface area contributed by atoms with Crippen molar-refractivity contribution in [3.05, 3.63) is 0 Å². The summed E-state index contributed by atoms with van der Waals surface area (Å²) in [5, 5.41) is 6.31. The lowest BCUT2D eigenvalue weighted by Gasteiger charge is -2.23. The van der Waals surface area contributed by atoms with Gasteiger partial charge in [-0.25, -0.2) is 0 Å². The topological polar surface area (TPSA) is 41.1 Å². The van der Waals surface area contributed by atoms with Crippen LogP contribution in [0.3, 0.4) is 0 Å². The second-order valence-corrected chi connectivity index (χ2v) is 6.45. The smallest absolute Gasteiger partial charge is 0.237 e. The molecule has 0 aromatic rings. The summed E-state index contributed by atoms with van der Waals surface area (Å²) >= 11 is 1.99. The number of nitrogens with one attached hydrogen (secondary N) is 2. The van der Waals surface area contributed by atoms with Crippen molar-refractivity contribution < 1.29 is 4.79 Å². The largest absolute Gasteiger partial charge is 0.353 e. The van der Waals surface area contributed by atoms with Gasteiger partial charge in [-0.3, -0.25) is 4.79 Å². The van der Waals surface area contributed by atoms with E-state index in [-0.39, 0.29) is 29.1 Å². The second kappa shape index (κ2) is 6.12. The van der Waals surface area contributed by atoms with E-state index in [2.05, 4.69) is 17.6 Å². The van der Waals surface area contributed by atoms with E-state index in [1.165, 1.54) is 18.6 Å². The Labute approximate surface area is 108 Å². The van der Waals surface area contributed by atoms with Crippen molar-refractivity contribution in [3.63, 3.8) is 0 Å². The highest BCUT2D eigenvalue weighted by Crippen LogP contribution is 2.36. The number of carbonyl (C=O) groups excluding carboxylic acids is 1. The van der Waals surface area contributed by atoms with Gasteiger partial charge in [0.15, 0.2) is 0 Å². The lowest BCUT2D eigenvalue weighted by molar-refractivity contribution is -0.122. The third-order valence-corrected chi connectivity index (χ3v) is 4.85. The van der Waals surface area contributed by atoms with Crippen molar-refractivity contribution in [3.8, 4) is 0 Å². The SMILES string of the molecule is CC1(CNC(=O)C2CCCN2)CCCS1.Cl. The molecule has 0 aromatic heterocycles. The van der Waals surface area contributed by atoms with E-state index in [9.17, 15) is 4.79 Å². The molecule has 0 aliphatic carbocycles. The lowest BCUT2D eigenvalue weighted by atomic mass is 10.1. The average molecular weight is 265 g/mol. The maximum atomic E-state index is 11.8. The molecule has 2 N–H and O–H groups in total. The highest BCUT2D eigenvalue weighted by Gasteiger charge is 2.31. The molecule has 2 unspecified atom stereocenters. The molecule has 2 heterocycles. The van der Waals surface area contributed by atoms with Crippen LogP contribution in [0.15, 0.2) is 0 Å². The van der Waals surface area contributed by atoms with Crippen LogP contribution in [0.4, 0.5) is 0 Å². The molecule has 2 rings (SSSR count). The van der Waals surface area contributed by atoms with Crippen LogP contribution >= 0.6 is 24.2 Å². The highest BCUT2D eigenvalue weighted by atomic mass is 35.5. The Morgan fingerprint density at radius 2 is 2.38 bits per heavy atom. The van der Waals surface area contributed by atoms with Crippen LogP contribution in [0.1, 0.15) is 32.6 Å². The van der Waals surface area contributed by atoms with Gasteiger partial charge in [-0.05, 0) is 44.9 Å². The van der Waals surface area contributed by atoms with E-state index in [0.717, 1.165) is 25.9 Å². The molecule has 1 amide bonds. The van der Waals surface area contributed by atoms with Crippen LogP contribution in [0, 0.1) is 0 Å². The first-order valence-electron chi connectivity index (χ1n) is 5.85. The van der Waals surface area contributed by atoms with Crippen LogP contribution in [0.5, 0.6) is 0 Å². The van der Waals surface area contributed by atoms with Gasteiger partial charge in [0.1, 0.15) is 0 Å². The predicted molar refractivity (Wildman–Crippen MR) is 71.4 cm³/mol. The second-order valence-electron chi connectivity index (χ2n) is 4.77. The van der Waals surface area contributed by atoms with Gasteiger partial charge in [0.25, 0.3) is 0 Å². The zero-order chi connectivity index (χ0) is 10.7. The zero-order valence-electron chi connectivity index (χ0n) is 9.75. The predicted octanol–water partition coefficient (Wildman–Crippen LogP) is 1.56. The fraction of sp³-hybridized carbons (Fsp3) is 0.909. The summed E-state index contributed by atoms with van der Waals surface area (Å²) < 4.78 is 0.286. The summed E-state index contributed by atoms with van der Waals surface area (Å²) in [4.78, 5) is 11.8. The number of hydrogen-bond acceptors (Lipinski definition) is 3. The Hall–Kier alpha value is 0.0700. The van der Waals surface area contributed by atoms with E-state index in [1.54, 1.807) is 0 Å².